The maximum Gasteiger partial charge on any atom is 0.472 e. The number of rotatable bonds is 44. The number of phosphoric ester groups is 1. The molecule has 1 amide bonds. The lowest BCUT2D eigenvalue weighted by molar-refractivity contribution is -0.870. The maximum absolute atomic E-state index is 12.9. The minimum absolute atomic E-state index is 0.0545. The number of hydrogen-bond donors (Lipinski definition) is 3. The quantitative estimate of drug-likeness (QED) is 0.0244. The zero-order valence-electron chi connectivity index (χ0n) is 39.2. The Morgan fingerprint density at radius 2 is 0.983 bits per heavy atom. The number of nitrogens with one attached hydrogen (secondary N) is 1. The number of allylic oxidation sites excluding steroid dienone is 7. The maximum atomic E-state index is 12.9. The molecule has 0 fully saturated rings. The first-order chi connectivity index (χ1) is 28.5. The molecule has 0 spiro atoms. The highest BCUT2D eigenvalue weighted by Crippen LogP contribution is 2.43. The summed E-state index contributed by atoms with van der Waals surface area (Å²) in [5, 5.41) is 13.8. The van der Waals surface area contributed by atoms with Crippen molar-refractivity contribution in [3.63, 3.8) is 0 Å². The van der Waals surface area contributed by atoms with E-state index in [0.717, 1.165) is 44.9 Å². The Morgan fingerprint density at radius 1 is 0.576 bits per heavy atom. The van der Waals surface area contributed by atoms with Gasteiger partial charge in [-0.1, -0.05) is 191 Å². The van der Waals surface area contributed by atoms with Crippen molar-refractivity contribution in [1.82, 2.24) is 5.32 Å². The molecular formula is C50H96N2O6P+. The van der Waals surface area contributed by atoms with Crippen molar-refractivity contribution in [2.24, 2.45) is 0 Å². The molecule has 0 aliphatic rings. The highest BCUT2D eigenvalue weighted by Gasteiger charge is 2.27. The van der Waals surface area contributed by atoms with E-state index < -0.39 is 20.0 Å². The van der Waals surface area contributed by atoms with Gasteiger partial charge in [0.2, 0.25) is 5.91 Å². The molecule has 0 saturated heterocycles. The van der Waals surface area contributed by atoms with Gasteiger partial charge in [-0.25, -0.2) is 4.57 Å². The van der Waals surface area contributed by atoms with E-state index in [1.165, 1.54) is 148 Å². The second-order valence-corrected chi connectivity index (χ2v) is 19.3. The molecular weight excluding hydrogens is 756 g/mol. The molecule has 0 aromatic carbocycles. The number of quaternary nitrogens is 1. The predicted octanol–water partition coefficient (Wildman–Crippen LogP) is 14.0. The molecule has 0 aliphatic heterocycles. The summed E-state index contributed by atoms with van der Waals surface area (Å²) in [5.41, 5.74) is 0. The van der Waals surface area contributed by atoms with E-state index in [0.29, 0.717) is 17.4 Å². The van der Waals surface area contributed by atoms with Gasteiger partial charge in [-0.15, -0.1) is 0 Å². The Hall–Kier alpha value is -1.54. The van der Waals surface area contributed by atoms with Crippen molar-refractivity contribution in [2.45, 2.75) is 225 Å². The van der Waals surface area contributed by atoms with Crippen molar-refractivity contribution in [1.29, 1.82) is 0 Å². The van der Waals surface area contributed by atoms with Crippen molar-refractivity contribution in [2.75, 3.05) is 40.9 Å². The molecule has 0 rings (SSSR count). The predicted molar refractivity (Wildman–Crippen MR) is 254 cm³/mol. The van der Waals surface area contributed by atoms with E-state index >= 15 is 0 Å². The Morgan fingerprint density at radius 3 is 1.47 bits per heavy atom. The molecule has 0 heterocycles. The smallest absolute Gasteiger partial charge is 0.387 e. The van der Waals surface area contributed by atoms with E-state index in [-0.39, 0.29) is 19.1 Å². The minimum Gasteiger partial charge on any atom is -0.387 e. The lowest BCUT2D eigenvalue weighted by atomic mass is 10.0. The van der Waals surface area contributed by atoms with Crippen LogP contribution in [0.5, 0.6) is 0 Å². The van der Waals surface area contributed by atoms with E-state index in [1.807, 2.05) is 27.2 Å². The number of nitrogens with zero attached hydrogens (tertiary/aromatic N) is 1. The molecule has 8 nitrogen and oxygen atoms in total. The highest BCUT2D eigenvalue weighted by atomic mass is 31.2. The molecule has 346 valence electrons. The standard InChI is InChI=1S/C50H95N2O6P/c1-6-8-10-12-14-16-18-19-20-21-22-23-24-25-26-27-28-29-30-31-32-33-34-36-38-40-42-44-50(54)51-48(47-58-59(55,56)57-46-45-52(3,4)5)49(53)43-41-39-37-35-17-15-13-11-9-7-2/h17,22-23,25-26,35,41,43,48-49,53H,6-16,18-21,24,27-34,36-40,42,44-47H2,1-5H3,(H-,51,54,55,56)/p+1/b23-22-,26-25-,35-17+,43-41+. The van der Waals surface area contributed by atoms with Crippen LogP contribution in [0.1, 0.15) is 213 Å². The van der Waals surface area contributed by atoms with Gasteiger partial charge in [0.05, 0.1) is 39.9 Å². The van der Waals surface area contributed by atoms with Gasteiger partial charge in [0, 0.05) is 6.42 Å². The summed E-state index contributed by atoms with van der Waals surface area (Å²) < 4.78 is 23.5. The molecule has 3 atom stereocenters. The Bertz CT molecular complexity index is 1100. The third-order valence-corrected chi connectivity index (χ3v) is 11.8. The summed E-state index contributed by atoms with van der Waals surface area (Å²) in [6, 6.07) is -0.863. The van der Waals surface area contributed by atoms with Crippen LogP contribution in [0.25, 0.3) is 0 Å². The number of carbonyl (C=O) groups excluding carboxylic acids is 1. The molecule has 3 unspecified atom stereocenters. The first kappa shape index (κ1) is 57.5. The lowest BCUT2D eigenvalue weighted by Gasteiger charge is -2.25. The van der Waals surface area contributed by atoms with Gasteiger partial charge < -0.3 is 19.8 Å². The summed E-state index contributed by atoms with van der Waals surface area (Å²) in [6.07, 6.45) is 53.5. The fraction of sp³-hybridized carbons (Fsp3) is 0.820. The summed E-state index contributed by atoms with van der Waals surface area (Å²) in [4.78, 5) is 23.1. The van der Waals surface area contributed by atoms with Crippen molar-refractivity contribution in [3.8, 4) is 0 Å². The Balaban J connectivity index is 4.16. The van der Waals surface area contributed by atoms with Crippen molar-refractivity contribution < 1.29 is 32.9 Å². The summed E-state index contributed by atoms with van der Waals surface area (Å²) >= 11 is 0. The average molecular weight is 852 g/mol. The fourth-order valence-electron chi connectivity index (χ4n) is 6.85. The normalized spacial score (nSPS) is 14.6. The first-order valence-corrected chi connectivity index (χ1v) is 26.0. The second kappa shape index (κ2) is 41.8. The number of amides is 1. The summed E-state index contributed by atoms with van der Waals surface area (Å²) in [6.45, 7) is 4.75. The average Bonchev–Trinajstić information content (AvgIpc) is 3.19. The van der Waals surface area contributed by atoms with Crippen LogP contribution < -0.4 is 5.32 Å². The zero-order valence-corrected chi connectivity index (χ0v) is 40.1. The van der Waals surface area contributed by atoms with Gasteiger partial charge in [-0.3, -0.25) is 13.8 Å². The van der Waals surface area contributed by atoms with Crippen LogP contribution in [-0.2, 0) is 18.4 Å². The zero-order chi connectivity index (χ0) is 43.6. The molecule has 0 aliphatic carbocycles. The molecule has 0 saturated carbocycles. The van der Waals surface area contributed by atoms with Gasteiger partial charge >= 0.3 is 7.82 Å². The number of unbranched alkanes of at least 4 members (excludes halogenated alkanes) is 25. The topological polar surface area (TPSA) is 105 Å². The monoisotopic (exact) mass is 852 g/mol. The summed E-state index contributed by atoms with van der Waals surface area (Å²) in [5.74, 6) is -0.192. The van der Waals surface area contributed by atoms with Gasteiger partial charge in [-0.2, -0.15) is 0 Å². The lowest BCUT2D eigenvalue weighted by Crippen LogP contribution is -2.45. The molecule has 0 radical (unpaired) electrons. The largest absolute Gasteiger partial charge is 0.472 e. The van der Waals surface area contributed by atoms with Crippen LogP contribution in [-0.4, -0.2) is 73.4 Å². The van der Waals surface area contributed by atoms with Crippen molar-refractivity contribution in [3.05, 3.63) is 48.6 Å². The Labute approximate surface area is 365 Å². The van der Waals surface area contributed by atoms with Gasteiger partial charge in [0.15, 0.2) is 0 Å². The number of phosphoric acid groups is 1. The van der Waals surface area contributed by atoms with Gasteiger partial charge in [0.1, 0.15) is 13.2 Å². The molecule has 0 bridgehead atoms. The number of carbonyl (C=O) groups is 1. The minimum atomic E-state index is -4.34. The third-order valence-electron chi connectivity index (χ3n) is 10.8. The van der Waals surface area contributed by atoms with E-state index in [1.54, 1.807) is 6.08 Å². The molecule has 59 heavy (non-hydrogen) atoms. The van der Waals surface area contributed by atoms with Gasteiger partial charge in [-0.05, 0) is 64.2 Å². The van der Waals surface area contributed by atoms with Crippen LogP contribution in [0.2, 0.25) is 0 Å². The second-order valence-electron chi connectivity index (χ2n) is 17.8. The van der Waals surface area contributed by atoms with Gasteiger partial charge in [0.25, 0.3) is 0 Å². The van der Waals surface area contributed by atoms with E-state index in [9.17, 15) is 19.4 Å². The molecule has 3 N–H and O–H groups in total. The van der Waals surface area contributed by atoms with E-state index in [2.05, 4.69) is 55.6 Å². The van der Waals surface area contributed by atoms with Crippen LogP contribution in [0.3, 0.4) is 0 Å². The molecule has 0 aromatic heterocycles. The van der Waals surface area contributed by atoms with Crippen LogP contribution in [0, 0.1) is 0 Å². The molecule has 0 aromatic rings. The first-order valence-electron chi connectivity index (χ1n) is 24.5. The van der Waals surface area contributed by atoms with Crippen LogP contribution in [0.15, 0.2) is 48.6 Å². The molecule has 9 heteroatoms. The van der Waals surface area contributed by atoms with Crippen LogP contribution in [0.4, 0.5) is 0 Å². The van der Waals surface area contributed by atoms with Crippen molar-refractivity contribution >= 4 is 13.7 Å². The van der Waals surface area contributed by atoms with E-state index in [4.69, 9.17) is 9.05 Å². The Kier molecular flexibility index (Phi) is 40.7. The van der Waals surface area contributed by atoms with Crippen LogP contribution >= 0.6 is 7.82 Å². The number of aliphatic hydroxyl groups is 1. The number of hydrogen-bond acceptors (Lipinski definition) is 5. The highest BCUT2D eigenvalue weighted by molar-refractivity contribution is 7.47. The SMILES string of the molecule is CCCCCC/C=C/CC/C=C/C(O)C(COP(=O)(O)OCC[N+](C)(C)C)NC(=O)CCCCCCCCCCCCC/C=C\C/C=C\CCCCCCCCCCC. The summed E-state index contributed by atoms with van der Waals surface area (Å²) in [7, 11) is 1.55. The number of aliphatic hydroxyl groups excluding tert-OH is 1. The fourth-order valence-corrected chi connectivity index (χ4v) is 7.59. The number of likely N-dealkylation sites (N-methyl/N-ethyl adjacent to an activating group) is 1. The third kappa shape index (κ3) is 44.3.